The van der Waals surface area contributed by atoms with Crippen LogP contribution in [0.25, 0.3) is 0 Å². The Balaban J connectivity index is 1.81. The van der Waals surface area contributed by atoms with E-state index in [4.69, 9.17) is 22.3 Å². The summed E-state index contributed by atoms with van der Waals surface area (Å²) in [4.78, 5) is 0. The van der Waals surface area contributed by atoms with Crippen molar-refractivity contribution < 1.29 is 29.9 Å². The minimum absolute atomic E-state index is 0.0986. The molecule has 0 amide bonds. The number of benzene rings is 4. The van der Waals surface area contributed by atoms with Crippen LogP contribution in [-0.4, -0.2) is 33.6 Å². The van der Waals surface area contributed by atoms with Crippen molar-refractivity contribution in [3.05, 3.63) is 115 Å². The summed E-state index contributed by atoms with van der Waals surface area (Å²) < 4.78 is 11.4. The topological polar surface area (TPSA) is 99.4 Å². The Labute approximate surface area is 296 Å². The second-order valence-corrected chi connectivity index (χ2v) is 15.4. The maximum atomic E-state index is 11.8. The first-order chi connectivity index (χ1) is 23.6. The van der Waals surface area contributed by atoms with Crippen molar-refractivity contribution in [3.63, 3.8) is 0 Å². The first-order valence-electron chi connectivity index (χ1n) is 17.0. The summed E-state index contributed by atoms with van der Waals surface area (Å²) in [5.74, 6) is 5.41. The van der Waals surface area contributed by atoms with Crippen LogP contribution in [0.15, 0.2) is 48.5 Å². The number of hydrogen-bond donors (Lipinski definition) is 4. The molecule has 1 aliphatic carbocycles. The third kappa shape index (κ3) is 8.11. The average molecular weight is 673 g/mol. The molecule has 1 aliphatic rings. The number of aromatic hydroxyl groups is 4. The fourth-order valence-electron chi connectivity index (χ4n) is 6.57. The normalized spacial score (nSPS) is 13.0. The molecule has 0 fully saturated rings. The van der Waals surface area contributed by atoms with E-state index in [2.05, 4.69) is 53.4 Å². The van der Waals surface area contributed by atoms with Crippen LogP contribution in [0.2, 0.25) is 0 Å². The molecule has 0 aliphatic heterocycles. The molecular weight excluding hydrogens is 624 g/mol. The lowest BCUT2D eigenvalue weighted by Gasteiger charge is -2.25. The zero-order chi connectivity index (χ0) is 36.4. The van der Waals surface area contributed by atoms with Gasteiger partial charge in [-0.2, -0.15) is 0 Å². The molecule has 8 bridgehead atoms. The van der Waals surface area contributed by atoms with Gasteiger partial charge in [0.2, 0.25) is 0 Å². The second-order valence-electron chi connectivity index (χ2n) is 15.4. The van der Waals surface area contributed by atoms with Gasteiger partial charge in [-0.15, -0.1) is 12.8 Å². The molecule has 0 aromatic heterocycles. The average Bonchev–Trinajstić information content (AvgIpc) is 3.03. The molecule has 0 heterocycles. The predicted octanol–water partition coefficient (Wildman–Crippen LogP) is 8.08. The quantitative estimate of drug-likeness (QED) is 0.108. The van der Waals surface area contributed by atoms with Crippen LogP contribution in [0.4, 0.5) is 0 Å². The van der Waals surface area contributed by atoms with Crippen LogP contribution >= 0.6 is 0 Å². The largest absolute Gasteiger partial charge is 0.507 e. The Morgan fingerprint density at radius 3 is 0.940 bits per heavy atom. The lowest BCUT2D eigenvalue weighted by molar-refractivity contribution is 0.153. The highest BCUT2D eigenvalue weighted by molar-refractivity contribution is 5.58. The molecule has 6 nitrogen and oxygen atoms in total. The molecule has 4 aromatic carbocycles. The molecule has 0 unspecified atom stereocenters. The Morgan fingerprint density at radius 1 is 0.480 bits per heavy atom. The maximum absolute atomic E-state index is 11.8. The van der Waals surface area contributed by atoms with Gasteiger partial charge in [-0.25, -0.2) is 0 Å². The van der Waals surface area contributed by atoms with Crippen LogP contribution in [0.1, 0.15) is 108 Å². The molecule has 4 N–H and O–H groups in total. The standard InChI is InChI=1S/C44H48O6/c1-9-11-49-25-27-13-29-17-33-21-37(43(3,4)5)23-35(41(33)47)19-31-15-28(26-50-12-10-2)16-32(40(31)46)20-36-24-38(44(6,7)8)22-34(42(36)48)18-30(14-27)39(29)45/h1-2,13-16,21-24,45-48H,11-12,17-20,25-26H2,3-8H3. The molecule has 50 heavy (non-hydrogen) atoms. The van der Waals surface area contributed by atoms with Gasteiger partial charge in [-0.05, 0) is 102 Å². The smallest absolute Gasteiger partial charge is 0.122 e. The third-order valence-corrected chi connectivity index (χ3v) is 9.35. The molecule has 0 saturated heterocycles. The number of ether oxygens (including phenoxy) is 2. The van der Waals surface area contributed by atoms with Gasteiger partial charge in [0.25, 0.3) is 0 Å². The first-order valence-corrected chi connectivity index (χ1v) is 17.0. The maximum Gasteiger partial charge on any atom is 0.122 e. The van der Waals surface area contributed by atoms with Crippen molar-refractivity contribution in [2.75, 3.05) is 13.2 Å². The molecule has 0 radical (unpaired) electrons. The SMILES string of the molecule is C#CCOCc1cc2c(O)c(c1)Cc1cc(C(C)(C)C)cc(c1O)Cc1cc(COCC#C)cc(c1O)Cc1cc(C(C)(C)C)cc(c1O)C2. The minimum atomic E-state index is -0.251. The Kier molecular flexibility index (Phi) is 10.6. The predicted molar refractivity (Wildman–Crippen MR) is 198 cm³/mol. The summed E-state index contributed by atoms with van der Waals surface area (Å²) in [5, 5.41) is 47.3. The summed E-state index contributed by atoms with van der Waals surface area (Å²) >= 11 is 0. The van der Waals surface area contributed by atoms with E-state index in [0.29, 0.717) is 44.5 Å². The van der Waals surface area contributed by atoms with E-state index in [0.717, 1.165) is 22.3 Å². The number of terminal acetylenes is 2. The van der Waals surface area contributed by atoms with E-state index in [1.807, 2.05) is 48.5 Å². The molecule has 5 rings (SSSR count). The Morgan fingerprint density at radius 2 is 0.720 bits per heavy atom. The van der Waals surface area contributed by atoms with Gasteiger partial charge in [-0.1, -0.05) is 77.6 Å². The van der Waals surface area contributed by atoms with Crippen molar-refractivity contribution in [2.45, 2.75) is 91.3 Å². The monoisotopic (exact) mass is 672 g/mol. The summed E-state index contributed by atoms with van der Waals surface area (Å²) in [7, 11) is 0. The Bertz CT molecular complexity index is 1750. The second kappa shape index (κ2) is 14.5. The van der Waals surface area contributed by atoms with E-state index < -0.39 is 0 Å². The van der Waals surface area contributed by atoms with Crippen molar-refractivity contribution in [1.82, 2.24) is 0 Å². The van der Waals surface area contributed by atoms with Gasteiger partial charge in [-0.3, -0.25) is 0 Å². The Hall–Kier alpha value is -4.88. The van der Waals surface area contributed by atoms with Crippen LogP contribution in [0.5, 0.6) is 23.0 Å². The number of phenolic OH excluding ortho intramolecular Hbond substituents is 4. The first kappa shape index (κ1) is 36.4. The highest BCUT2D eigenvalue weighted by atomic mass is 16.5. The van der Waals surface area contributed by atoms with E-state index >= 15 is 0 Å². The number of phenols is 4. The summed E-state index contributed by atoms with van der Waals surface area (Å²) in [6.07, 6.45) is 11.8. The van der Waals surface area contributed by atoms with Gasteiger partial charge < -0.3 is 29.9 Å². The molecule has 260 valence electrons. The van der Waals surface area contributed by atoms with Crippen LogP contribution in [-0.2, 0) is 59.2 Å². The van der Waals surface area contributed by atoms with Gasteiger partial charge in [0.1, 0.15) is 36.2 Å². The zero-order valence-corrected chi connectivity index (χ0v) is 30.0. The van der Waals surface area contributed by atoms with E-state index in [1.54, 1.807) is 0 Å². The lowest BCUT2D eigenvalue weighted by atomic mass is 9.81. The number of fused-ring (bicyclic) bond motifs is 8. The van der Waals surface area contributed by atoms with Crippen molar-refractivity contribution in [1.29, 1.82) is 0 Å². The fraction of sp³-hybridized carbons (Fsp3) is 0.364. The molecule has 6 heteroatoms. The van der Waals surface area contributed by atoms with E-state index in [9.17, 15) is 20.4 Å². The highest BCUT2D eigenvalue weighted by Gasteiger charge is 2.25. The summed E-state index contributed by atoms with van der Waals surface area (Å²) in [6, 6.07) is 15.5. The van der Waals surface area contributed by atoms with Gasteiger partial charge in [0, 0.05) is 25.7 Å². The molecule has 0 atom stereocenters. The van der Waals surface area contributed by atoms with Crippen LogP contribution in [0, 0.1) is 24.7 Å². The van der Waals surface area contributed by atoms with Gasteiger partial charge >= 0.3 is 0 Å². The highest BCUT2D eigenvalue weighted by Crippen LogP contribution is 2.41. The molecular formula is C44H48O6. The number of hydrogen-bond acceptors (Lipinski definition) is 6. The lowest BCUT2D eigenvalue weighted by Crippen LogP contribution is -2.13. The summed E-state index contributed by atoms with van der Waals surface area (Å²) in [5.41, 5.74) is 8.22. The van der Waals surface area contributed by atoms with Gasteiger partial charge in [0.15, 0.2) is 0 Å². The fourth-order valence-corrected chi connectivity index (χ4v) is 6.57. The van der Waals surface area contributed by atoms with Crippen LogP contribution in [0.3, 0.4) is 0 Å². The molecule has 4 aromatic rings. The van der Waals surface area contributed by atoms with Crippen molar-refractivity contribution in [2.24, 2.45) is 0 Å². The van der Waals surface area contributed by atoms with Crippen LogP contribution < -0.4 is 0 Å². The minimum Gasteiger partial charge on any atom is -0.507 e. The third-order valence-electron chi connectivity index (χ3n) is 9.35. The zero-order valence-electron chi connectivity index (χ0n) is 30.0. The van der Waals surface area contributed by atoms with Crippen molar-refractivity contribution in [3.8, 4) is 47.7 Å². The van der Waals surface area contributed by atoms with Gasteiger partial charge in [0.05, 0.1) is 13.2 Å². The van der Waals surface area contributed by atoms with Crippen molar-refractivity contribution >= 4 is 0 Å². The molecule has 0 spiro atoms. The summed E-state index contributed by atoms with van der Waals surface area (Å²) in [6.45, 7) is 13.5. The van der Waals surface area contributed by atoms with E-state index in [-0.39, 0.29) is 85.9 Å². The van der Waals surface area contributed by atoms with E-state index in [1.165, 1.54) is 0 Å². The number of rotatable bonds is 6. The molecule has 0 saturated carbocycles.